The quantitative estimate of drug-likeness (QED) is 0.0296. The molecule has 2 amide bonds. The first-order valence-electron chi connectivity index (χ1n) is 22.2. The Morgan fingerprint density at radius 2 is 1.54 bits per heavy atom. The van der Waals surface area contributed by atoms with Crippen LogP contribution in [-0.4, -0.2) is 103 Å². The Hall–Kier alpha value is -3.48. The molecule has 1 aliphatic heterocycles. The zero-order valence-corrected chi connectivity index (χ0v) is 42.1. The van der Waals surface area contributed by atoms with Gasteiger partial charge in [0.1, 0.15) is 36.3 Å². The third kappa shape index (κ3) is 22.6. The molecule has 24 nitrogen and oxygen atoms in total. The smallest absolute Gasteiger partial charge is 0.274 e. The number of hydrogen-bond donors (Lipinski definition) is 5. The number of carbonyl (C=O) groups excluding carboxylic acids is 3. The number of rotatable bonds is 33. The minimum Gasteiger partial charge on any atom is -0.790 e. The van der Waals surface area contributed by atoms with Crippen LogP contribution in [0.1, 0.15) is 97.6 Å². The van der Waals surface area contributed by atoms with Crippen LogP contribution >= 0.6 is 35.2 Å². The van der Waals surface area contributed by atoms with E-state index < -0.39 is 84.6 Å². The predicted octanol–water partition coefficient (Wildman–Crippen LogP) is 2.28. The number of nitrogen functional groups attached to an aromatic ring is 1. The summed E-state index contributed by atoms with van der Waals surface area (Å²) in [6.07, 6.45) is 19.3. The molecule has 6 N–H and O–H groups in total. The summed E-state index contributed by atoms with van der Waals surface area (Å²) in [6, 6.07) is 0. The number of aromatic nitrogens is 4. The molecule has 7 atom stereocenters. The molecule has 0 saturated carbocycles. The minimum absolute atomic E-state index is 0.0217. The SMILES string of the molecule is CCCCC/C=C\C/C=C\C/C=C\CCCC/C=C/C(=O)SCCNC(=O)CCNC(=O)[C@H](O)C(C)(C)COP(=O)([O-])OP(=O)([O-])OC[C@H]1O[C@@H](n2cnc3c(N)ncnc32)[C@H](O)[C@@H]1OP(=O)([O-])[O-]. The monoisotopic (exact) mass is 1050 g/mol. The zero-order valence-electron chi connectivity index (χ0n) is 38.6. The average Bonchev–Trinajstić information content (AvgIpc) is 3.84. The molecule has 0 bridgehead atoms. The van der Waals surface area contributed by atoms with Crippen molar-refractivity contribution in [2.45, 2.75) is 122 Å². The number of unbranched alkanes of at least 4 members (excludes halogenated alkanes) is 6. The van der Waals surface area contributed by atoms with Gasteiger partial charge in [-0.2, -0.15) is 0 Å². The van der Waals surface area contributed by atoms with Crippen LogP contribution in [0.15, 0.2) is 61.3 Å². The van der Waals surface area contributed by atoms with Gasteiger partial charge in [-0.1, -0.05) is 87.9 Å². The van der Waals surface area contributed by atoms with E-state index in [0.717, 1.165) is 73.9 Å². The van der Waals surface area contributed by atoms with E-state index in [2.05, 4.69) is 86.8 Å². The van der Waals surface area contributed by atoms with Gasteiger partial charge in [-0.05, 0) is 57.4 Å². The highest BCUT2D eigenvalue weighted by atomic mass is 32.2. The second-order valence-electron chi connectivity index (χ2n) is 16.2. The maximum atomic E-state index is 12.6. The molecule has 2 unspecified atom stereocenters. The molecule has 388 valence electrons. The number of phosphoric ester groups is 3. The first kappa shape index (κ1) is 59.8. The summed E-state index contributed by atoms with van der Waals surface area (Å²) in [5, 5.41) is 26.2. The topological polar surface area (TPSA) is 375 Å². The molecule has 2 aromatic heterocycles. The molecule has 0 spiro atoms. The maximum Gasteiger partial charge on any atom is 0.274 e. The lowest BCUT2D eigenvalue weighted by Crippen LogP contribution is -2.46. The summed E-state index contributed by atoms with van der Waals surface area (Å²) in [5.41, 5.74) is 4.08. The van der Waals surface area contributed by atoms with Crippen molar-refractivity contribution < 1.29 is 80.5 Å². The number of nitrogens with zero attached hydrogens (tertiary/aromatic N) is 4. The molecule has 1 saturated heterocycles. The van der Waals surface area contributed by atoms with Crippen molar-refractivity contribution in [3.63, 3.8) is 0 Å². The molecule has 0 radical (unpaired) electrons. The van der Waals surface area contributed by atoms with Gasteiger partial charge in [0.2, 0.25) is 16.9 Å². The highest BCUT2D eigenvalue weighted by molar-refractivity contribution is 8.14. The molecule has 3 heterocycles. The van der Waals surface area contributed by atoms with Crippen LogP contribution in [0.5, 0.6) is 0 Å². The molecule has 0 aromatic carbocycles. The number of hydrogen-bond acceptors (Lipinski definition) is 22. The van der Waals surface area contributed by atoms with E-state index in [4.69, 9.17) is 10.5 Å². The summed E-state index contributed by atoms with van der Waals surface area (Å²) < 4.78 is 60.8. The zero-order chi connectivity index (χ0) is 51.1. The Kier molecular flexibility index (Phi) is 25.8. The number of nitrogens with one attached hydrogen (secondary N) is 2. The minimum atomic E-state index is -5.93. The van der Waals surface area contributed by atoms with Gasteiger partial charge in [-0.15, -0.1) is 0 Å². The lowest BCUT2D eigenvalue weighted by atomic mass is 9.87. The number of phosphoric acid groups is 3. The number of nitrogens with two attached hydrogens (primary N) is 1. The van der Waals surface area contributed by atoms with Crippen LogP contribution in [-0.2, 0) is 50.7 Å². The Morgan fingerprint density at radius 3 is 2.19 bits per heavy atom. The van der Waals surface area contributed by atoms with E-state index in [1.54, 1.807) is 0 Å². The molecular weight excluding hydrogens is 987 g/mol. The Balaban J connectivity index is 1.31. The lowest BCUT2D eigenvalue weighted by Gasteiger charge is -2.36. The summed E-state index contributed by atoms with van der Waals surface area (Å²) in [5.74, 6) is -1.24. The van der Waals surface area contributed by atoms with Gasteiger partial charge >= 0.3 is 0 Å². The van der Waals surface area contributed by atoms with Crippen molar-refractivity contribution in [3.8, 4) is 0 Å². The number of amides is 2. The first-order chi connectivity index (χ1) is 32.6. The fraction of sp³-hybridized carbons (Fsp3) is 0.610. The number of anilines is 1. The van der Waals surface area contributed by atoms with Gasteiger partial charge in [0.15, 0.2) is 17.7 Å². The van der Waals surface area contributed by atoms with E-state index in [-0.39, 0.29) is 41.6 Å². The van der Waals surface area contributed by atoms with Crippen molar-refractivity contribution in [2.75, 3.05) is 37.8 Å². The maximum absolute atomic E-state index is 12.6. The number of aliphatic hydroxyl groups excluding tert-OH is 2. The molecule has 28 heteroatoms. The number of thioether (sulfide) groups is 1. The van der Waals surface area contributed by atoms with Gasteiger partial charge in [-0.25, -0.2) is 19.3 Å². The summed E-state index contributed by atoms with van der Waals surface area (Å²) in [7, 11) is -17.6. The highest BCUT2D eigenvalue weighted by Gasteiger charge is 2.47. The van der Waals surface area contributed by atoms with Crippen LogP contribution in [0.2, 0.25) is 0 Å². The number of imidazole rings is 1. The fourth-order valence-electron chi connectivity index (χ4n) is 6.30. The number of carbonyl (C=O) groups is 3. The van der Waals surface area contributed by atoms with Gasteiger partial charge in [0.05, 0.1) is 27.4 Å². The predicted molar refractivity (Wildman–Crippen MR) is 247 cm³/mol. The molecule has 3 rings (SSSR count). The van der Waals surface area contributed by atoms with Crippen molar-refractivity contribution in [2.24, 2.45) is 5.41 Å². The molecule has 0 aliphatic carbocycles. The van der Waals surface area contributed by atoms with Crippen molar-refractivity contribution in [3.05, 3.63) is 61.3 Å². The van der Waals surface area contributed by atoms with E-state index in [1.165, 1.54) is 39.2 Å². The van der Waals surface area contributed by atoms with Crippen molar-refractivity contribution >= 4 is 69.1 Å². The summed E-state index contributed by atoms with van der Waals surface area (Å²) >= 11 is 1.04. The molecule has 1 aliphatic rings. The molecule has 1 fully saturated rings. The standard InChI is InChI=1S/C41H66N7O17P3S/c1-4-5-6-7-8-9-10-11-12-13-14-15-16-17-18-19-20-21-32(50)69-25-24-43-31(49)22-23-44-39(53)36(52)41(2,3)27-62-68(59,60)65-67(57,58)61-26-30-35(64-66(54,55)56)34(51)40(63-30)48-29-47-33-37(42)45-28-46-38(33)48/h8-9,11-12,14-15,20-21,28-30,34-36,40,51-52H,4-7,10,13,16-19,22-27H2,1-3H3,(H,43,49)(H,44,53)(H,57,58)(H,59,60)(H2,42,45,46)(H2,54,55,56)/p-4/b9-8-,12-11-,15-14-,21-20+/t30-,34-,35-,36+,40-/m1/s1. The van der Waals surface area contributed by atoms with Crippen LogP contribution in [0.4, 0.5) is 5.82 Å². The molecule has 69 heavy (non-hydrogen) atoms. The highest BCUT2D eigenvalue weighted by Crippen LogP contribution is 2.56. The third-order valence-electron chi connectivity index (χ3n) is 9.99. The summed E-state index contributed by atoms with van der Waals surface area (Å²) in [4.78, 5) is 96.8. The number of allylic oxidation sites excluding steroid dienone is 7. The van der Waals surface area contributed by atoms with Crippen molar-refractivity contribution in [1.82, 2.24) is 30.2 Å². The van der Waals surface area contributed by atoms with Gasteiger partial charge < -0.3 is 69.0 Å². The largest absolute Gasteiger partial charge is 0.790 e. The normalized spacial score (nSPS) is 20.3. The lowest BCUT2D eigenvalue weighted by molar-refractivity contribution is -0.347. The van der Waals surface area contributed by atoms with Crippen LogP contribution in [0, 0.1) is 5.41 Å². The summed E-state index contributed by atoms with van der Waals surface area (Å²) in [6.45, 7) is 2.28. The van der Waals surface area contributed by atoms with Crippen LogP contribution < -0.4 is 35.9 Å². The van der Waals surface area contributed by atoms with Gasteiger partial charge in [0, 0.05) is 30.7 Å². The average molecular weight is 1050 g/mol. The number of ether oxygens (including phenoxy) is 1. The van der Waals surface area contributed by atoms with Gasteiger partial charge in [0.25, 0.3) is 15.6 Å². The van der Waals surface area contributed by atoms with E-state index in [1.807, 2.05) is 6.08 Å². The van der Waals surface area contributed by atoms with E-state index >= 15 is 0 Å². The number of aliphatic hydroxyl groups is 2. The fourth-order valence-corrected chi connectivity index (χ4v) is 9.63. The number of fused-ring (bicyclic) bond motifs is 1. The van der Waals surface area contributed by atoms with Gasteiger partial charge in [-0.3, -0.25) is 28.1 Å². The Morgan fingerprint density at radius 1 is 0.913 bits per heavy atom. The Bertz CT molecular complexity index is 2220. The Labute approximate surface area is 405 Å². The molecular formula is C41H62N7O17P3S-4. The third-order valence-corrected chi connectivity index (χ3v) is 13.8. The van der Waals surface area contributed by atoms with E-state index in [0.29, 0.717) is 5.75 Å². The second-order valence-corrected chi connectivity index (χ2v) is 21.4. The van der Waals surface area contributed by atoms with Crippen LogP contribution in [0.3, 0.4) is 0 Å². The van der Waals surface area contributed by atoms with Crippen molar-refractivity contribution in [1.29, 1.82) is 0 Å². The van der Waals surface area contributed by atoms with Crippen LogP contribution in [0.25, 0.3) is 11.2 Å². The first-order valence-corrected chi connectivity index (χ1v) is 27.5. The second kappa shape index (κ2) is 29.8. The van der Waals surface area contributed by atoms with E-state index in [9.17, 15) is 57.9 Å². The molecule has 2 aromatic rings.